The van der Waals surface area contributed by atoms with E-state index in [1.165, 1.54) is 6.07 Å². The molecule has 0 amide bonds. The van der Waals surface area contributed by atoms with Crippen molar-refractivity contribution in [2.75, 3.05) is 0 Å². The lowest BCUT2D eigenvalue weighted by Gasteiger charge is -2.14. The highest BCUT2D eigenvalue weighted by Gasteiger charge is 2.17. The Hall–Kier alpha value is -2.95. The lowest BCUT2D eigenvalue weighted by Crippen LogP contribution is -2.19. The topological polar surface area (TPSA) is 55.0 Å². The summed E-state index contributed by atoms with van der Waals surface area (Å²) in [6.07, 6.45) is 0.648. The third kappa shape index (κ3) is 4.42. The Morgan fingerprint density at radius 1 is 1.11 bits per heavy atom. The van der Waals surface area contributed by atoms with Crippen molar-refractivity contribution in [2.24, 2.45) is 5.92 Å². The van der Waals surface area contributed by atoms with Gasteiger partial charge in [0.2, 0.25) is 0 Å². The Bertz CT molecular complexity index is 981. The second-order valence-electron chi connectivity index (χ2n) is 6.97. The molecule has 0 unspecified atom stereocenters. The second kappa shape index (κ2) is 8.16. The lowest BCUT2D eigenvalue weighted by atomic mass is 10.0. The first-order chi connectivity index (χ1) is 13.0. The van der Waals surface area contributed by atoms with Gasteiger partial charge < -0.3 is 9.72 Å². The van der Waals surface area contributed by atoms with Crippen LogP contribution in [0.15, 0.2) is 53.3 Å². The summed E-state index contributed by atoms with van der Waals surface area (Å²) in [5, 5.41) is 0. The van der Waals surface area contributed by atoms with Crippen molar-refractivity contribution in [3.05, 3.63) is 81.5 Å². The van der Waals surface area contributed by atoms with Crippen LogP contribution < -0.4 is 10.3 Å². The van der Waals surface area contributed by atoms with E-state index >= 15 is 0 Å². The van der Waals surface area contributed by atoms with Gasteiger partial charge >= 0.3 is 0 Å². The summed E-state index contributed by atoms with van der Waals surface area (Å²) in [5.41, 5.74) is 2.49. The molecular formula is C22H23FN2O2. The standard InChI is InChI=1S/C22H23FN2O2/c1-14(2)12-18-15(3)24-21(25-22(18)26)17-10-7-11-19(23)20(17)27-13-16-8-5-4-6-9-16/h4-11,14H,12-13H2,1-3H3,(H,24,25,26). The van der Waals surface area contributed by atoms with Gasteiger partial charge in [0.15, 0.2) is 11.6 Å². The number of nitrogens with zero attached hydrogens (tertiary/aromatic N) is 1. The number of benzene rings is 2. The Labute approximate surface area is 158 Å². The van der Waals surface area contributed by atoms with E-state index in [-0.39, 0.29) is 17.9 Å². The number of halogens is 1. The number of para-hydroxylation sites is 1. The number of aromatic amines is 1. The molecular weight excluding hydrogens is 343 g/mol. The fourth-order valence-corrected chi connectivity index (χ4v) is 2.96. The van der Waals surface area contributed by atoms with Gasteiger partial charge in [-0.25, -0.2) is 9.37 Å². The third-order valence-electron chi connectivity index (χ3n) is 4.28. The zero-order valence-electron chi connectivity index (χ0n) is 15.8. The van der Waals surface area contributed by atoms with E-state index in [2.05, 4.69) is 23.8 Å². The summed E-state index contributed by atoms with van der Waals surface area (Å²) in [7, 11) is 0. The van der Waals surface area contributed by atoms with Crippen LogP contribution in [-0.4, -0.2) is 9.97 Å². The number of nitrogens with one attached hydrogen (secondary N) is 1. The summed E-state index contributed by atoms with van der Waals surface area (Å²) < 4.78 is 20.2. The van der Waals surface area contributed by atoms with E-state index in [4.69, 9.17) is 4.74 Å². The summed E-state index contributed by atoms with van der Waals surface area (Å²) in [6, 6.07) is 14.1. The van der Waals surface area contributed by atoms with Gasteiger partial charge in [0.05, 0.1) is 5.56 Å². The molecule has 1 N–H and O–H groups in total. The highest BCUT2D eigenvalue weighted by Crippen LogP contribution is 2.31. The number of hydrogen-bond donors (Lipinski definition) is 1. The van der Waals surface area contributed by atoms with Crippen LogP contribution in [-0.2, 0) is 13.0 Å². The molecule has 1 heterocycles. The molecule has 27 heavy (non-hydrogen) atoms. The molecule has 0 spiro atoms. The molecule has 0 atom stereocenters. The van der Waals surface area contributed by atoms with Gasteiger partial charge in [0, 0.05) is 11.3 Å². The van der Waals surface area contributed by atoms with E-state index in [0.29, 0.717) is 35.0 Å². The van der Waals surface area contributed by atoms with Crippen LogP contribution in [0.5, 0.6) is 5.75 Å². The van der Waals surface area contributed by atoms with Crippen LogP contribution in [0, 0.1) is 18.7 Å². The number of H-pyrrole nitrogens is 1. The Kier molecular flexibility index (Phi) is 5.69. The first kappa shape index (κ1) is 18.8. The molecule has 4 nitrogen and oxygen atoms in total. The number of aromatic nitrogens is 2. The van der Waals surface area contributed by atoms with Crippen LogP contribution in [0.3, 0.4) is 0 Å². The average molecular weight is 366 g/mol. The SMILES string of the molecule is Cc1nc(-c2cccc(F)c2OCc2ccccc2)[nH]c(=O)c1CC(C)C. The molecule has 0 bridgehead atoms. The summed E-state index contributed by atoms with van der Waals surface area (Å²) in [6.45, 7) is 6.13. The molecule has 0 aliphatic rings. The molecule has 0 radical (unpaired) electrons. The van der Waals surface area contributed by atoms with Gasteiger partial charge in [-0.05, 0) is 37.0 Å². The maximum atomic E-state index is 14.4. The first-order valence-corrected chi connectivity index (χ1v) is 9.01. The van der Waals surface area contributed by atoms with Gasteiger partial charge in [-0.15, -0.1) is 0 Å². The van der Waals surface area contributed by atoms with Crippen LogP contribution in [0.1, 0.15) is 30.7 Å². The van der Waals surface area contributed by atoms with Crippen molar-refractivity contribution >= 4 is 0 Å². The quantitative estimate of drug-likeness (QED) is 0.690. The van der Waals surface area contributed by atoms with E-state index in [0.717, 1.165) is 5.56 Å². The highest BCUT2D eigenvalue weighted by molar-refractivity contribution is 5.64. The molecule has 0 fully saturated rings. The van der Waals surface area contributed by atoms with Gasteiger partial charge in [-0.2, -0.15) is 0 Å². The lowest BCUT2D eigenvalue weighted by molar-refractivity contribution is 0.291. The first-order valence-electron chi connectivity index (χ1n) is 9.01. The third-order valence-corrected chi connectivity index (χ3v) is 4.28. The minimum atomic E-state index is -0.491. The monoisotopic (exact) mass is 366 g/mol. The van der Waals surface area contributed by atoms with Crippen LogP contribution in [0.4, 0.5) is 4.39 Å². The molecule has 5 heteroatoms. The number of ether oxygens (including phenoxy) is 1. The molecule has 0 saturated heterocycles. The van der Waals surface area contributed by atoms with Crippen molar-refractivity contribution < 1.29 is 9.13 Å². The smallest absolute Gasteiger partial charge is 0.254 e. The largest absolute Gasteiger partial charge is 0.485 e. The minimum absolute atomic E-state index is 0.0838. The Morgan fingerprint density at radius 2 is 1.85 bits per heavy atom. The maximum absolute atomic E-state index is 14.4. The fourth-order valence-electron chi connectivity index (χ4n) is 2.96. The molecule has 3 rings (SSSR count). The number of rotatable bonds is 6. The van der Waals surface area contributed by atoms with E-state index in [1.54, 1.807) is 19.1 Å². The van der Waals surface area contributed by atoms with Crippen LogP contribution in [0.2, 0.25) is 0 Å². The minimum Gasteiger partial charge on any atom is -0.485 e. The zero-order chi connectivity index (χ0) is 19.4. The predicted octanol–water partition coefficient (Wildman–Crippen LogP) is 4.66. The molecule has 1 aromatic heterocycles. The molecule has 0 saturated carbocycles. The Balaban J connectivity index is 1.97. The number of aryl methyl sites for hydroxylation is 1. The molecule has 0 aliphatic carbocycles. The van der Waals surface area contributed by atoms with Crippen LogP contribution >= 0.6 is 0 Å². The number of hydrogen-bond acceptors (Lipinski definition) is 3. The fraction of sp³-hybridized carbons (Fsp3) is 0.273. The van der Waals surface area contributed by atoms with Gasteiger partial charge in [-0.1, -0.05) is 50.2 Å². The van der Waals surface area contributed by atoms with Crippen molar-refractivity contribution in [3.8, 4) is 17.1 Å². The molecule has 140 valence electrons. The van der Waals surface area contributed by atoms with Crippen molar-refractivity contribution in [1.29, 1.82) is 0 Å². The highest BCUT2D eigenvalue weighted by atomic mass is 19.1. The summed E-state index contributed by atoms with van der Waals surface area (Å²) >= 11 is 0. The van der Waals surface area contributed by atoms with E-state index in [9.17, 15) is 9.18 Å². The average Bonchev–Trinajstić information content (AvgIpc) is 2.64. The summed E-state index contributed by atoms with van der Waals surface area (Å²) in [4.78, 5) is 19.8. The normalized spacial score (nSPS) is 11.0. The predicted molar refractivity (Wildman–Crippen MR) is 104 cm³/mol. The van der Waals surface area contributed by atoms with E-state index < -0.39 is 5.82 Å². The van der Waals surface area contributed by atoms with Gasteiger partial charge in [-0.3, -0.25) is 4.79 Å². The van der Waals surface area contributed by atoms with Crippen molar-refractivity contribution in [2.45, 2.75) is 33.8 Å². The van der Waals surface area contributed by atoms with Crippen molar-refractivity contribution in [3.63, 3.8) is 0 Å². The van der Waals surface area contributed by atoms with Crippen molar-refractivity contribution in [1.82, 2.24) is 9.97 Å². The van der Waals surface area contributed by atoms with E-state index in [1.807, 2.05) is 30.3 Å². The second-order valence-corrected chi connectivity index (χ2v) is 6.97. The Morgan fingerprint density at radius 3 is 2.52 bits per heavy atom. The molecule has 2 aromatic carbocycles. The zero-order valence-corrected chi connectivity index (χ0v) is 15.8. The summed E-state index contributed by atoms with van der Waals surface area (Å²) in [5.74, 6) is 0.249. The molecule has 3 aromatic rings. The van der Waals surface area contributed by atoms with Gasteiger partial charge in [0.25, 0.3) is 5.56 Å². The maximum Gasteiger partial charge on any atom is 0.254 e. The van der Waals surface area contributed by atoms with Gasteiger partial charge in [0.1, 0.15) is 12.4 Å². The molecule has 0 aliphatic heterocycles. The van der Waals surface area contributed by atoms with Crippen LogP contribution in [0.25, 0.3) is 11.4 Å².